The molecule has 1 heterocycles. The molecule has 0 saturated heterocycles. The first kappa shape index (κ1) is 13.1. The molecule has 4 nitrogen and oxygen atoms in total. The van der Waals surface area contributed by atoms with Crippen LogP contribution < -0.4 is 5.73 Å². The number of halogens is 1. The number of fused-ring (bicyclic) bond motifs is 1. The van der Waals surface area contributed by atoms with Gasteiger partial charge >= 0.3 is 5.97 Å². The van der Waals surface area contributed by atoms with E-state index >= 15 is 0 Å². The van der Waals surface area contributed by atoms with E-state index in [4.69, 9.17) is 10.2 Å². The Morgan fingerprint density at radius 2 is 2.22 bits per heavy atom. The number of carbonyl (C=O) groups is 1. The predicted molar refractivity (Wildman–Crippen MR) is 72.1 cm³/mol. The Hall–Kier alpha value is -1.33. The summed E-state index contributed by atoms with van der Waals surface area (Å²) in [7, 11) is 1.34. The Labute approximate surface area is 113 Å². The molecule has 1 aromatic carbocycles. The Bertz CT molecular complexity index is 589. The fourth-order valence-corrected chi connectivity index (χ4v) is 2.13. The zero-order valence-corrected chi connectivity index (χ0v) is 11.8. The van der Waals surface area contributed by atoms with Crippen LogP contribution >= 0.6 is 15.9 Å². The van der Waals surface area contributed by atoms with Crippen LogP contribution in [-0.4, -0.2) is 13.1 Å². The van der Waals surface area contributed by atoms with Crippen molar-refractivity contribution in [2.24, 2.45) is 5.73 Å². The van der Waals surface area contributed by atoms with Gasteiger partial charge in [0, 0.05) is 9.86 Å². The van der Waals surface area contributed by atoms with Gasteiger partial charge in [-0.2, -0.15) is 0 Å². The van der Waals surface area contributed by atoms with Crippen LogP contribution in [0.4, 0.5) is 0 Å². The molecular weight excluding hydrogens is 298 g/mol. The van der Waals surface area contributed by atoms with Crippen LogP contribution in [-0.2, 0) is 15.1 Å². The molecule has 0 aliphatic carbocycles. The molecule has 1 aromatic heterocycles. The number of furan rings is 1. The van der Waals surface area contributed by atoms with E-state index < -0.39 is 5.54 Å². The highest BCUT2D eigenvalue weighted by molar-refractivity contribution is 9.10. The molecule has 0 spiro atoms. The van der Waals surface area contributed by atoms with E-state index in [0.29, 0.717) is 5.76 Å². The molecule has 2 rings (SSSR count). The molecule has 0 bridgehead atoms. The van der Waals surface area contributed by atoms with E-state index in [2.05, 4.69) is 20.7 Å². The van der Waals surface area contributed by atoms with Gasteiger partial charge in [0.2, 0.25) is 0 Å². The minimum atomic E-state index is -0.876. The molecule has 5 heteroatoms. The summed E-state index contributed by atoms with van der Waals surface area (Å²) in [5.41, 5.74) is 5.98. The van der Waals surface area contributed by atoms with Crippen LogP contribution in [0.3, 0.4) is 0 Å². The highest BCUT2D eigenvalue weighted by Gasteiger charge is 2.29. The first-order valence-corrected chi connectivity index (χ1v) is 6.27. The molecule has 0 amide bonds. The highest BCUT2D eigenvalue weighted by Crippen LogP contribution is 2.30. The van der Waals surface area contributed by atoms with Gasteiger partial charge in [-0.1, -0.05) is 15.9 Å². The maximum Gasteiger partial charge on any atom is 0.307 e. The maximum atomic E-state index is 11.3. The third-order valence-electron chi connectivity index (χ3n) is 2.78. The third kappa shape index (κ3) is 2.57. The van der Waals surface area contributed by atoms with Gasteiger partial charge in [-0.3, -0.25) is 4.79 Å². The fraction of sp³-hybridized carbons (Fsp3) is 0.308. The van der Waals surface area contributed by atoms with Crippen LogP contribution in [0.1, 0.15) is 19.1 Å². The largest absolute Gasteiger partial charge is 0.469 e. The lowest BCUT2D eigenvalue weighted by Crippen LogP contribution is -2.35. The van der Waals surface area contributed by atoms with Gasteiger partial charge in [-0.15, -0.1) is 0 Å². The first-order valence-electron chi connectivity index (χ1n) is 5.47. The van der Waals surface area contributed by atoms with Crippen molar-refractivity contribution in [2.75, 3.05) is 7.11 Å². The second kappa shape index (κ2) is 4.74. The van der Waals surface area contributed by atoms with Gasteiger partial charge in [0.25, 0.3) is 0 Å². The van der Waals surface area contributed by atoms with Crippen LogP contribution in [0.5, 0.6) is 0 Å². The predicted octanol–water partition coefficient (Wildman–Crippen LogP) is 2.93. The summed E-state index contributed by atoms with van der Waals surface area (Å²) < 4.78 is 11.3. The van der Waals surface area contributed by atoms with Crippen molar-refractivity contribution in [3.63, 3.8) is 0 Å². The van der Waals surface area contributed by atoms with Crippen LogP contribution in [0, 0.1) is 0 Å². The molecule has 0 fully saturated rings. The zero-order chi connectivity index (χ0) is 13.3. The summed E-state index contributed by atoms with van der Waals surface area (Å²) in [6.45, 7) is 1.75. The van der Waals surface area contributed by atoms with Crippen molar-refractivity contribution >= 4 is 32.9 Å². The molecule has 1 atom stereocenters. The molecule has 1 unspecified atom stereocenters. The minimum absolute atomic E-state index is 0.0739. The van der Waals surface area contributed by atoms with Gasteiger partial charge in [0.05, 0.1) is 19.1 Å². The summed E-state index contributed by atoms with van der Waals surface area (Å²) in [6, 6.07) is 7.54. The van der Waals surface area contributed by atoms with E-state index in [9.17, 15) is 4.79 Å². The Morgan fingerprint density at radius 3 is 2.89 bits per heavy atom. The van der Waals surface area contributed by atoms with Gasteiger partial charge < -0.3 is 14.9 Å². The Kier molecular flexibility index (Phi) is 3.45. The molecule has 2 aromatic rings. The number of carbonyl (C=O) groups excluding carboxylic acids is 1. The lowest BCUT2D eigenvalue weighted by atomic mass is 9.96. The molecule has 0 aliphatic heterocycles. The van der Waals surface area contributed by atoms with Crippen molar-refractivity contribution in [1.29, 1.82) is 0 Å². The lowest BCUT2D eigenvalue weighted by molar-refractivity contribution is -0.142. The Balaban J connectivity index is 2.38. The number of rotatable bonds is 3. The zero-order valence-electron chi connectivity index (χ0n) is 10.2. The van der Waals surface area contributed by atoms with E-state index in [1.165, 1.54) is 7.11 Å². The lowest BCUT2D eigenvalue weighted by Gasteiger charge is -2.20. The normalized spacial score (nSPS) is 14.4. The number of nitrogens with two attached hydrogens (primary N) is 1. The van der Waals surface area contributed by atoms with Crippen molar-refractivity contribution < 1.29 is 13.9 Å². The maximum absolute atomic E-state index is 11.3. The third-order valence-corrected chi connectivity index (χ3v) is 3.27. The van der Waals surface area contributed by atoms with Crippen molar-refractivity contribution in [1.82, 2.24) is 0 Å². The summed E-state index contributed by atoms with van der Waals surface area (Å²) in [5, 5.41) is 0.945. The topological polar surface area (TPSA) is 65.5 Å². The minimum Gasteiger partial charge on any atom is -0.469 e. The quantitative estimate of drug-likeness (QED) is 0.885. The van der Waals surface area contributed by atoms with E-state index in [-0.39, 0.29) is 12.4 Å². The first-order chi connectivity index (χ1) is 8.42. The average Bonchev–Trinajstić information content (AvgIpc) is 2.71. The van der Waals surface area contributed by atoms with Crippen molar-refractivity contribution in [2.45, 2.75) is 18.9 Å². The second-order valence-corrected chi connectivity index (χ2v) is 5.38. The molecular formula is C13H14BrNO3. The molecule has 96 valence electrons. The molecule has 0 saturated carbocycles. The van der Waals surface area contributed by atoms with E-state index in [1.807, 2.05) is 24.3 Å². The summed E-state index contributed by atoms with van der Waals surface area (Å²) in [6.07, 6.45) is 0.0739. The van der Waals surface area contributed by atoms with Crippen LogP contribution in [0.25, 0.3) is 11.0 Å². The Morgan fingerprint density at radius 1 is 1.50 bits per heavy atom. The molecule has 0 aliphatic rings. The van der Waals surface area contributed by atoms with Crippen molar-refractivity contribution in [3.05, 3.63) is 34.5 Å². The monoisotopic (exact) mass is 311 g/mol. The molecule has 18 heavy (non-hydrogen) atoms. The number of methoxy groups -OCH3 is 1. The summed E-state index contributed by atoms with van der Waals surface area (Å²) in [5.74, 6) is 0.211. The number of esters is 1. The number of hydrogen-bond acceptors (Lipinski definition) is 4. The van der Waals surface area contributed by atoms with Crippen LogP contribution in [0.2, 0.25) is 0 Å². The second-order valence-electron chi connectivity index (χ2n) is 4.46. The SMILES string of the molecule is COC(=O)CC(C)(N)c1cc2cc(Br)ccc2o1. The van der Waals surface area contributed by atoms with E-state index in [1.54, 1.807) is 6.92 Å². The van der Waals surface area contributed by atoms with E-state index in [0.717, 1.165) is 15.4 Å². The fourth-order valence-electron chi connectivity index (χ4n) is 1.75. The summed E-state index contributed by atoms with van der Waals surface area (Å²) in [4.78, 5) is 11.3. The van der Waals surface area contributed by atoms with Crippen LogP contribution in [0.15, 0.2) is 33.2 Å². The number of hydrogen-bond donors (Lipinski definition) is 1. The smallest absolute Gasteiger partial charge is 0.307 e. The van der Waals surface area contributed by atoms with Crippen molar-refractivity contribution in [3.8, 4) is 0 Å². The molecule has 2 N–H and O–H groups in total. The van der Waals surface area contributed by atoms with Gasteiger partial charge in [0.1, 0.15) is 11.3 Å². The average molecular weight is 312 g/mol. The molecule has 0 radical (unpaired) electrons. The van der Waals surface area contributed by atoms with Gasteiger partial charge in [-0.05, 0) is 31.2 Å². The summed E-state index contributed by atoms with van der Waals surface area (Å²) >= 11 is 3.40. The highest BCUT2D eigenvalue weighted by atomic mass is 79.9. The number of ether oxygens (including phenoxy) is 1. The standard InChI is InChI=1S/C13H14BrNO3/c1-13(15,7-12(16)17-2)11-6-8-5-9(14)3-4-10(8)18-11/h3-6H,7,15H2,1-2H3. The van der Waals surface area contributed by atoms with Gasteiger partial charge in [0.15, 0.2) is 0 Å². The van der Waals surface area contributed by atoms with Gasteiger partial charge in [-0.25, -0.2) is 0 Å². The number of benzene rings is 1.